The van der Waals surface area contributed by atoms with Crippen molar-refractivity contribution in [3.8, 4) is 0 Å². The van der Waals surface area contributed by atoms with E-state index in [0.29, 0.717) is 12.5 Å². The maximum atomic E-state index is 10.6. The Morgan fingerprint density at radius 1 is 1.36 bits per heavy atom. The minimum absolute atomic E-state index is 0.0744. The summed E-state index contributed by atoms with van der Waals surface area (Å²) in [4.78, 5) is 0. The number of rotatable bonds is 5. The number of hydrogen-bond donors (Lipinski definition) is 3. The largest absolute Gasteiger partial charge is 0.317 e. The van der Waals surface area contributed by atoms with Crippen molar-refractivity contribution in [1.82, 2.24) is 10.6 Å². The van der Waals surface area contributed by atoms with Gasteiger partial charge in [0.1, 0.15) is 0 Å². The minimum atomic E-state index is -3.28. The fourth-order valence-electron chi connectivity index (χ4n) is 1.61. The number of primary sulfonamides is 1. The van der Waals surface area contributed by atoms with Crippen LogP contribution in [0.4, 0.5) is 0 Å². The van der Waals surface area contributed by atoms with Gasteiger partial charge >= 0.3 is 0 Å². The van der Waals surface area contributed by atoms with E-state index in [0.717, 1.165) is 32.5 Å². The first-order chi connectivity index (χ1) is 6.58. The highest BCUT2D eigenvalue weighted by Gasteiger charge is 2.11. The van der Waals surface area contributed by atoms with Gasteiger partial charge in [-0.3, -0.25) is 0 Å². The van der Waals surface area contributed by atoms with Gasteiger partial charge in [-0.2, -0.15) is 0 Å². The third-order valence-corrected chi connectivity index (χ3v) is 3.24. The van der Waals surface area contributed by atoms with Crippen molar-refractivity contribution in [3.05, 3.63) is 0 Å². The molecular formula is C8H19N3O2S. The van der Waals surface area contributed by atoms with E-state index < -0.39 is 10.0 Å². The van der Waals surface area contributed by atoms with E-state index >= 15 is 0 Å². The molecule has 0 aromatic heterocycles. The molecule has 0 amide bonds. The Morgan fingerprint density at radius 2 is 2.00 bits per heavy atom. The topological polar surface area (TPSA) is 84.2 Å². The zero-order valence-electron chi connectivity index (χ0n) is 8.33. The van der Waals surface area contributed by atoms with Crippen molar-refractivity contribution in [2.24, 2.45) is 5.14 Å². The van der Waals surface area contributed by atoms with Crippen molar-refractivity contribution in [1.29, 1.82) is 0 Å². The molecule has 4 N–H and O–H groups in total. The van der Waals surface area contributed by atoms with Crippen LogP contribution in [0.1, 0.15) is 19.3 Å². The molecule has 14 heavy (non-hydrogen) atoms. The molecule has 0 radical (unpaired) electrons. The van der Waals surface area contributed by atoms with E-state index in [1.165, 1.54) is 0 Å². The molecule has 1 aliphatic rings. The second-order valence-electron chi connectivity index (χ2n) is 3.70. The molecule has 0 aromatic carbocycles. The van der Waals surface area contributed by atoms with Crippen molar-refractivity contribution in [2.75, 3.05) is 25.4 Å². The van der Waals surface area contributed by atoms with Gasteiger partial charge in [0.2, 0.25) is 10.0 Å². The van der Waals surface area contributed by atoms with Crippen LogP contribution in [0.2, 0.25) is 0 Å². The summed E-state index contributed by atoms with van der Waals surface area (Å²) in [6.45, 7) is 2.83. The van der Waals surface area contributed by atoms with Crippen LogP contribution in [0.15, 0.2) is 0 Å². The van der Waals surface area contributed by atoms with Crippen LogP contribution in [0.25, 0.3) is 0 Å². The Hall–Kier alpha value is -0.170. The Morgan fingerprint density at radius 3 is 2.57 bits per heavy atom. The van der Waals surface area contributed by atoms with E-state index in [1.807, 2.05) is 0 Å². The predicted molar refractivity (Wildman–Crippen MR) is 56.5 cm³/mol. The first-order valence-electron chi connectivity index (χ1n) is 5.02. The fourth-order valence-corrected chi connectivity index (χ4v) is 2.15. The lowest BCUT2D eigenvalue weighted by Gasteiger charge is -2.23. The van der Waals surface area contributed by atoms with Crippen LogP contribution >= 0.6 is 0 Å². The van der Waals surface area contributed by atoms with Crippen molar-refractivity contribution >= 4 is 10.0 Å². The molecule has 0 spiro atoms. The average Bonchev–Trinajstić information content (AvgIpc) is 2.13. The molecule has 1 heterocycles. The molecule has 0 aliphatic carbocycles. The lowest BCUT2D eigenvalue weighted by atomic mass is 10.1. The normalized spacial score (nSPS) is 19.8. The Labute approximate surface area is 85.5 Å². The van der Waals surface area contributed by atoms with Gasteiger partial charge in [-0.15, -0.1) is 0 Å². The van der Waals surface area contributed by atoms with Crippen LogP contribution in [-0.4, -0.2) is 39.8 Å². The smallest absolute Gasteiger partial charge is 0.209 e. The fraction of sp³-hybridized carbons (Fsp3) is 1.00. The summed E-state index contributed by atoms with van der Waals surface area (Å²) in [6.07, 6.45) is 2.84. The van der Waals surface area contributed by atoms with Crippen LogP contribution < -0.4 is 15.8 Å². The molecule has 0 saturated carbocycles. The lowest BCUT2D eigenvalue weighted by molar-refractivity contribution is 0.388. The van der Waals surface area contributed by atoms with Gasteiger partial charge in [0.15, 0.2) is 0 Å². The third kappa shape index (κ3) is 5.54. The van der Waals surface area contributed by atoms with Crippen LogP contribution in [-0.2, 0) is 10.0 Å². The highest BCUT2D eigenvalue weighted by atomic mass is 32.2. The van der Waals surface area contributed by atoms with E-state index in [4.69, 9.17) is 5.14 Å². The van der Waals surface area contributed by atoms with Gasteiger partial charge in [0, 0.05) is 6.04 Å². The van der Waals surface area contributed by atoms with Gasteiger partial charge in [-0.1, -0.05) is 0 Å². The Kier molecular flexibility index (Phi) is 4.80. The summed E-state index contributed by atoms with van der Waals surface area (Å²) in [7, 11) is -3.28. The summed E-state index contributed by atoms with van der Waals surface area (Å²) in [5.41, 5.74) is 0. The molecule has 84 valence electrons. The van der Waals surface area contributed by atoms with Gasteiger partial charge in [0.25, 0.3) is 0 Å². The zero-order valence-corrected chi connectivity index (χ0v) is 9.15. The van der Waals surface area contributed by atoms with E-state index in [1.54, 1.807) is 0 Å². The highest BCUT2D eigenvalue weighted by molar-refractivity contribution is 7.89. The number of nitrogens with one attached hydrogen (secondary N) is 2. The summed E-state index contributed by atoms with van der Waals surface area (Å²) < 4.78 is 21.2. The van der Waals surface area contributed by atoms with Crippen molar-refractivity contribution < 1.29 is 8.42 Å². The Balaban J connectivity index is 2.03. The van der Waals surface area contributed by atoms with Crippen molar-refractivity contribution in [3.63, 3.8) is 0 Å². The molecule has 1 rings (SSSR count). The van der Waals surface area contributed by atoms with Gasteiger partial charge < -0.3 is 10.6 Å². The van der Waals surface area contributed by atoms with Crippen LogP contribution in [0.3, 0.4) is 0 Å². The molecule has 0 aromatic rings. The second-order valence-corrected chi connectivity index (χ2v) is 5.43. The maximum absolute atomic E-state index is 10.6. The SMILES string of the molecule is NS(=O)(=O)CCCNC1CCNCC1. The highest BCUT2D eigenvalue weighted by Crippen LogP contribution is 2.01. The molecule has 5 nitrogen and oxygen atoms in total. The molecule has 0 atom stereocenters. The van der Waals surface area contributed by atoms with Gasteiger partial charge in [-0.25, -0.2) is 13.6 Å². The molecule has 0 unspecified atom stereocenters. The zero-order chi connectivity index (χ0) is 10.4. The molecule has 1 saturated heterocycles. The van der Waals surface area contributed by atoms with Gasteiger partial charge in [0.05, 0.1) is 5.75 Å². The summed E-state index contributed by atoms with van der Waals surface area (Å²) in [5.74, 6) is 0.0744. The number of nitrogens with two attached hydrogens (primary N) is 1. The molecule has 1 aliphatic heterocycles. The summed E-state index contributed by atoms with van der Waals surface area (Å²) in [5, 5.41) is 11.5. The van der Waals surface area contributed by atoms with E-state index in [-0.39, 0.29) is 5.75 Å². The first-order valence-corrected chi connectivity index (χ1v) is 6.74. The van der Waals surface area contributed by atoms with Gasteiger partial charge in [-0.05, 0) is 38.9 Å². The Bertz CT molecular complexity index is 247. The number of piperidine rings is 1. The molecule has 6 heteroatoms. The van der Waals surface area contributed by atoms with Crippen LogP contribution in [0, 0.1) is 0 Å². The lowest BCUT2D eigenvalue weighted by Crippen LogP contribution is -2.40. The average molecular weight is 221 g/mol. The maximum Gasteiger partial charge on any atom is 0.209 e. The van der Waals surface area contributed by atoms with Crippen molar-refractivity contribution in [2.45, 2.75) is 25.3 Å². The molecule has 0 bridgehead atoms. The van der Waals surface area contributed by atoms with E-state index in [9.17, 15) is 8.42 Å². The molecular weight excluding hydrogens is 202 g/mol. The summed E-state index contributed by atoms with van der Waals surface area (Å²) >= 11 is 0. The third-order valence-electron chi connectivity index (χ3n) is 2.38. The second kappa shape index (κ2) is 5.65. The molecule has 1 fully saturated rings. The number of sulfonamides is 1. The standard InChI is InChI=1S/C8H19N3O2S/c9-14(12,13)7-1-4-11-8-2-5-10-6-3-8/h8,10-11H,1-7H2,(H2,9,12,13). The van der Waals surface area contributed by atoms with Crippen LogP contribution in [0.5, 0.6) is 0 Å². The first kappa shape index (κ1) is 11.9. The summed E-state index contributed by atoms with van der Waals surface area (Å²) in [6, 6.07) is 0.539. The minimum Gasteiger partial charge on any atom is -0.317 e. The quantitative estimate of drug-likeness (QED) is 0.520. The predicted octanol–water partition coefficient (Wildman–Crippen LogP) is -0.993. The monoisotopic (exact) mass is 221 g/mol. The van der Waals surface area contributed by atoms with E-state index in [2.05, 4.69) is 10.6 Å². The number of hydrogen-bond acceptors (Lipinski definition) is 4.